The Hall–Kier alpha value is -2.96. The van der Waals surface area contributed by atoms with Gasteiger partial charge in [0.1, 0.15) is 5.56 Å². The molecule has 7 nitrogen and oxygen atoms in total. The maximum atomic E-state index is 11.6. The maximum Gasteiger partial charge on any atom is 0.324 e. The zero-order valence-electron chi connectivity index (χ0n) is 14.0. The number of nitrogens with two attached hydrogens (primary N) is 1. The molecule has 0 radical (unpaired) electrons. The number of anilines is 1. The van der Waals surface area contributed by atoms with E-state index in [1.807, 2.05) is 23.1 Å². The van der Waals surface area contributed by atoms with Gasteiger partial charge in [-0.1, -0.05) is 36.8 Å². The van der Waals surface area contributed by atoms with E-state index in [1.165, 1.54) is 17.8 Å². The minimum atomic E-state index is -0.824. The van der Waals surface area contributed by atoms with Gasteiger partial charge in [0, 0.05) is 25.2 Å². The Kier molecular flexibility index (Phi) is 4.65. The number of hydrogen-bond acceptors (Lipinski definition) is 5. The lowest BCUT2D eigenvalue weighted by Crippen LogP contribution is -2.35. The highest BCUT2D eigenvalue weighted by molar-refractivity contribution is 5.98. The molecule has 2 N–H and O–H groups in total. The summed E-state index contributed by atoms with van der Waals surface area (Å²) >= 11 is 0. The number of rotatable bonds is 5. The van der Waals surface area contributed by atoms with Gasteiger partial charge in [-0.15, -0.1) is 0 Å². The fourth-order valence-corrected chi connectivity index (χ4v) is 3.73. The first-order valence-electron chi connectivity index (χ1n) is 8.21. The molecule has 1 saturated carbocycles. The number of pyridine rings is 1. The third-order valence-electron chi connectivity index (χ3n) is 4.89. The summed E-state index contributed by atoms with van der Waals surface area (Å²) in [5, 5.41) is 11.5. The van der Waals surface area contributed by atoms with Crippen LogP contribution in [0.1, 0.15) is 41.1 Å². The van der Waals surface area contributed by atoms with Crippen LogP contribution < -0.4 is 10.6 Å². The SMILES string of the molecule is CN(c1nccc(C(N)=O)c1[N+](=O)[O-])C1CCCC1c1ccccc1. The van der Waals surface area contributed by atoms with Crippen molar-refractivity contribution in [2.75, 3.05) is 11.9 Å². The third kappa shape index (κ3) is 3.17. The van der Waals surface area contributed by atoms with Crippen molar-refractivity contribution in [2.24, 2.45) is 5.73 Å². The number of benzene rings is 1. The molecule has 1 aromatic heterocycles. The van der Waals surface area contributed by atoms with Crippen molar-refractivity contribution in [3.63, 3.8) is 0 Å². The number of likely N-dealkylation sites (N-methyl/N-ethyl adjacent to an activating group) is 1. The van der Waals surface area contributed by atoms with Gasteiger partial charge in [-0.2, -0.15) is 0 Å². The van der Waals surface area contributed by atoms with Gasteiger partial charge in [-0.05, 0) is 24.5 Å². The molecule has 2 aromatic rings. The molecule has 1 aromatic carbocycles. The number of primary amides is 1. The molecule has 3 rings (SSSR count). The van der Waals surface area contributed by atoms with Crippen LogP contribution in [0.2, 0.25) is 0 Å². The highest BCUT2D eigenvalue weighted by atomic mass is 16.6. The van der Waals surface area contributed by atoms with Gasteiger partial charge in [-0.3, -0.25) is 14.9 Å². The number of nitro groups is 1. The van der Waals surface area contributed by atoms with Gasteiger partial charge >= 0.3 is 5.69 Å². The number of aromatic nitrogens is 1. The highest BCUT2D eigenvalue weighted by Crippen LogP contribution is 2.40. The van der Waals surface area contributed by atoms with Gasteiger partial charge in [-0.25, -0.2) is 4.98 Å². The molecule has 1 fully saturated rings. The lowest BCUT2D eigenvalue weighted by molar-refractivity contribution is -0.384. The number of carbonyl (C=O) groups is 1. The number of amides is 1. The monoisotopic (exact) mass is 340 g/mol. The molecule has 1 amide bonds. The zero-order valence-corrected chi connectivity index (χ0v) is 14.0. The quantitative estimate of drug-likeness (QED) is 0.666. The molecular weight excluding hydrogens is 320 g/mol. The van der Waals surface area contributed by atoms with E-state index < -0.39 is 10.8 Å². The van der Waals surface area contributed by atoms with E-state index in [2.05, 4.69) is 17.1 Å². The topological polar surface area (TPSA) is 102 Å². The summed E-state index contributed by atoms with van der Waals surface area (Å²) in [6.07, 6.45) is 4.36. The van der Waals surface area contributed by atoms with Crippen LogP contribution in [0.3, 0.4) is 0 Å². The first kappa shape index (κ1) is 16.9. The van der Waals surface area contributed by atoms with Gasteiger partial charge in [0.05, 0.1) is 4.92 Å². The summed E-state index contributed by atoms with van der Waals surface area (Å²) in [5.74, 6) is -0.367. The van der Waals surface area contributed by atoms with Gasteiger partial charge in [0.2, 0.25) is 5.82 Å². The Morgan fingerprint density at radius 1 is 1.28 bits per heavy atom. The van der Waals surface area contributed by atoms with Crippen molar-refractivity contribution < 1.29 is 9.72 Å². The second kappa shape index (κ2) is 6.88. The maximum absolute atomic E-state index is 11.6. The van der Waals surface area contributed by atoms with Crippen LogP contribution in [0.4, 0.5) is 11.5 Å². The summed E-state index contributed by atoms with van der Waals surface area (Å²) in [6, 6.07) is 11.5. The Labute approximate surface area is 145 Å². The van der Waals surface area contributed by atoms with Crippen LogP contribution in [0.25, 0.3) is 0 Å². The normalized spacial score (nSPS) is 19.6. The van der Waals surface area contributed by atoms with Gasteiger partial charge in [0.25, 0.3) is 5.91 Å². The number of carbonyl (C=O) groups excluding carboxylic acids is 1. The second-order valence-electron chi connectivity index (χ2n) is 6.28. The molecule has 0 bridgehead atoms. The van der Waals surface area contributed by atoms with Crippen molar-refractivity contribution >= 4 is 17.4 Å². The van der Waals surface area contributed by atoms with Gasteiger partial charge < -0.3 is 10.6 Å². The lowest BCUT2D eigenvalue weighted by atomic mass is 9.93. The van der Waals surface area contributed by atoms with Gasteiger partial charge in [0.15, 0.2) is 0 Å². The molecular formula is C18H20N4O3. The minimum absolute atomic E-state index is 0.0803. The minimum Gasteiger partial charge on any atom is -0.365 e. The molecule has 1 aliphatic carbocycles. The Balaban J connectivity index is 2.00. The average Bonchev–Trinajstić information content (AvgIpc) is 3.10. The molecule has 0 spiro atoms. The molecule has 2 unspecified atom stereocenters. The summed E-state index contributed by atoms with van der Waals surface area (Å²) in [7, 11) is 1.80. The van der Waals surface area contributed by atoms with E-state index in [0.29, 0.717) is 0 Å². The average molecular weight is 340 g/mol. The molecule has 0 saturated heterocycles. The third-order valence-corrected chi connectivity index (χ3v) is 4.89. The fourth-order valence-electron chi connectivity index (χ4n) is 3.73. The Morgan fingerprint density at radius 3 is 2.64 bits per heavy atom. The van der Waals surface area contributed by atoms with Crippen LogP contribution in [-0.2, 0) is 0 Å². The van der Waals surface area contributed by atoms with Crippen LogP contribution in [-0.4, -0.2) is 28.9 Å². The number of hydrogen-bond donors (Lipinski definition) is 1. The largest absolute Gasteiger partial charge is 0.365 e. The smallest absolute Gasteiger partial charge is 0.324 e. The van der Waals surface area contributed by atoms with E-state index in [0.717, 1.165) is 19.3 Å². The summed E-state index contributed by atoms with van der Waals surface area (Å²) in [5.41, 5.74) is 6.08. The van der Waals surface area contributed by atoms with Crippen LogP contribution >= 0.6 is 0 Å². The first-order valence-corrected chi connectivity index (χ1v) is 8.21. The zero-order chi connectivity index (χ0) is 18.0. The predicted octanol–water partition coefficient (Wildman–Crippen LogP) is 2.86. The van der Waals surface area contributed by atoms with E-state index in [-0.39, 0.29) is 29.0 Å². The standard InChI is InChI=1S/C18H20N4O3/c1-21(15-9-5-8-13(15)12-6-3-2-4-7-12)18-16(22(24)25)14(17(19)23)10-11-20-18/h2-4,6-7,10-11,13,15H,5,8-9H2,1H3,(H2,19,23). The van der Waals surface area contributed by atoms with Crippen LogP contribution in [0.5, 0.6) is 0 Å². The Bertz CT molecular complexity index is 794. The molecule has 1 aliphatic rings. The van der Waals surface area contributed by atoms with Crippen molar-refractivity contribution in [2.45, 2.75) is 31.2 Å². The molecule has 2 atom stereocenters. The molecule has 1 heterocycles. The molecule has 7 heteroatoms. The van der Waals surface area contributed by atoms with E-state index in [1.54, 1.807) is 7.05 Å². The second-order valence-corrected chi connectivity index (χ2v) is 6.28. The predicted molar refractivity (Wildman–Crippen MR) is 94.6 cm³/mol. The highest BCUT2D eigenvalue weighted by Gasteiger charge is 2.36. The van der Waals surface area contributed by atoms with Crippen LogP contribution in [0.15, 0.2) is 42.6 Å². The van der Waals surface area contributed by atoms with E-state index in [4.69, 9.17) is 5.73 Å². The van der Waals surface area contributed by atoms with E-state index in [9.17, 15) is 14.9 Å². The van der Waals surface area contributed by atoms with Crippen molar-refractivity contribution in [3.05, 3.63) is 63.8 Å². The van der Waals surface area contributed by atoms with Crippen molar-refractivity contribution in [1.82, 2.24) is 4.98 Å². The molecule has 0 aliphatic heterocycles. The Morgan fingerprint density at radius 2 is 2.00 bits per heavy atom. The summed E-state index contributed by atoms with van der Waals surface area (Å²) in [4.78, 5) is 28.6. The number of nitrogens with zero attached hydrogens (tertiary/aromatic N) is 3. The molecule has 25 heavy (non-hydrogen) atoms. The molecule has 130 valence electrons. The van der Waals surface area contributed by atoms with Crippen molar-refractivity contribution in [3.8, 4) is 0 Å². The summed E-state index contributed by atoms with van der Waals surface area (Å²) in [6.45, 7) is 0. The van der Waals surface area contributed by atoms with E-state index >= 15 is 0 Å². The van der Waals surface area contributed by atoms with Crippen LogP contribution in [0, 0.1) is 10.1 Å². The fraction of sp³-hybridized carbons (Fsp3) is 0.333. The lowest BCUT2D eigenvalue weighted by Gasteiger charge is -2.30. The van der Waals surface area contributed by atoms with Crippen molar-refractivity contribution in [1.29, 1.82) is 0 Å². The first-order chi connectivity index (χ1) is 12.0. The summed E-state index contributed by atoms with van der Waals surface area (Å²) < 4.78 is 0.